The van der Waals surface area contributed by atoms with E-state index in [0.717, 1.165) is 41.2 Å². The molecule has 1 aromatic carbocycles. The van der Waals surface area contributed by atoms with Crippen LogP contribution in [0.3, 0.4) is 0 Å². The van der Waals surface area contributed by atoms with Gasteiger partial charge in [0.15, 0.2) is 0 Å². The zero-order valence-electron chi connectivity index (χ0n) is 14.8. The minimum Gasteiger partial charge on any atom is -0.310 e. The number of hydrogen-bond acceptors (Lipinski definition) is 4. The highest BCUT2D eigenvalue weighted by atomic mass is 16.1. The molecule has 1 N–H and O–H groups in total. The largest absolute Gasteiger partial charge is 0.310 e. The minimum absolute atomic E-state index is 0.126. The summed E-state index contributed by atoms with van der Waals surface area (Å²) in [4.78, 5) is 20.6. The van der Waals surface area contributed by atoms with Gasteiger partial charge in [-0.1, -0.05) is 18.2 Å². The van der Waals surface area contributed by atoms with Crippen LogP contribution in [0.1, 0.15) is 30.4 Å². The molecule has 0 radical (unpaired) electrons. The molecule has 1 unspecified atom stereocenters. The summed E-state index contributed by atoms with van der Waals surface area (Å²) in [5, 5.41) is 14.6. The van der Waals surface area contributed by atoms with Gasteiger partial charge in [0.25, 0.3) is 0 Å². The Kier molecular flexibility index (Phi) is 3.32. The van der Waals surface area contributed by atoms with Gasteiger partial charge in [-0.3, -0.25) is 9.78 Å². The molecule has 27 heavy (non-hydrogen) atoms. The first-order chi connectivity index (χ1) is 13.1. The number of nitriles is 1. The van der Waals surface area contributed by atoms with Gasteiger partial charge < -0.3 is 5.32 Å². The third-order valence-corrected chi connectivity index (χ3v) is 6.00. The number of hydrogen-bond donors (Lipinski definition) is 1. The van der Waals surface area contributed by atoms with Crippen molar-refractivity contribution in [1.82, 2.24) is 9.97 Å². The van der Waals surface area contributed by atoms with E-state index in [1.807, 2.05) is 24.3 Å². The van der Waals surface area contributed by atoms with Crippen LogP contribution in [-0.4, -0.2) is 15.9 Å². The Labute approximate surface area is 157 Å². The molecule has 3 aromatic rings. The molecule has 2 saturated carbocycles. The van der Waals surface area contributed by atoms with Crippen molar-refractivity contribution in [3.8, 4) is 6.07 Å². The number of nitrogens with zero attached hydrogens (tertiary/aromatic N) is 3. The van der Waals surface area contributed by atoms with Crippen LogP contribution in [0.25, 0.3) is 10.8 Å². The van der Waals surface area contributed by atoms with E-state index in [2.05, 4.69) is 33.5 Å². The molecule has 0 aliphatic heterocycles. The first-order valence-corrected chi connectivity index (χ1v) is 9.15. The maximum absolute atomic E-state index is 12.3. The molecule has 2 fully saturated rings. The first kappa shape index (κ1) is 16.0. The lowest BCUT2D eigenvalue weighted by atomic mass is 9.92. The van der Waals surface area contributed by atoms with E-state index >= 15 is 0 Å². The average molecular weight is 354 g/mol. The molecule has 2 heterocycles. The molecular weight excluding hydrogens is 336 g/mol. The van der Waals surface area contributed by atoms with Gasteiger partial charge >= 0.3 is 0 Å². The van der Waals surface area contributed by atoms with E-state index in [1.165, 1.54) is 0 Å². The summed E-state index contributed by atoms with van der Waals surface area (Å²) in [6, 6.07) is 14.3. The van der Waals surface area contributed by atoms with Crippen molar-refractivity contribution >= 4 is 22.5 Å². The van der Waals surface area contributed by atoms with Gasteiger partial charge in [0, 0.05) is 24.0 Å². The number of pyridine rings is 2. The van der Waals surface area contributed by atoms with Gasteiger partial charge in [0.1, 0.15) is 5.82 Å². The molecule has 1 spiro atoms. The Bertz CT molecular complexity index is 1100. The van der Waals surface area contributed by atoms with Crippen molar-refractivity contribution < 1.29 is 4.79 Å². The zero-order valence-corrected chi connectivity index (χ0v) is 14.8. The molecular formula is C22H18N4O. The summed E-state index contributed by atoms with van der Waals surface area (Å²) >= 11 is 0. The first-order valence-electron chi connectivity index (χ1n) is 9.15. The smallest absolute Gasteiger partial charge is 0.230 e. The van der Waals surface area contributed by atoms with Crippen molar-refractivity contribution in [2.75, 3.05) is 5.32 Å². The second-order valence-electron chi connectivity index (χ2n) is 7.69. The number of aromatic nitrogens is 2. The predicted molar refractivity (Wildman–Crippen MR) is 102 cm³/mol. The van der Waals surface area contributed by atoms with Crippen LogP contribution < -0.4 is 5.32 Å². The van der Waals surface area contributed by atoms with E-state index in [1.54, 1.807) is 18.6 Å². The molecule has 5 nitrogen and oxygen atoms in total. The molecule has 5 heteroatoms. The van der Waals surface area contributed by atoms with Crippen LogP contribution in [0.4, 0.5) is 5.82 Å². The summed E-state index contributed by atoms with van der Waals surface area (Å²) < 4.78 is 0. The quantitative estimate of drug-likeness (QED) is 0.774. The van der Waals surface area contributed by atoms with E-state index in [4.69, 9.17) is 0 Å². The minimum atomic E-state index is -0.311. The van der Waals surface area contributed by atoms with E-state index in [0.29, 0.717) is 5.82 Å². The topological polar surface area (TPSA) is 78.7 Å². The summed E-state index contributed by atoms with van der Waals surface area (Å²) in [6.07, 6.45) is 8.68. The van der Waals surface area contributed by atoms with Crippen LogP contribution >= 0.6 is 0 Å². The Balaban J connectivity index is 1.40. The fourth-order valence-electron chi connectivity index (χ4n) is 4.20. The third kappa shape index (κ3) is 2.57. The van der Waals surface area contributed by atoms with Crippen LogP contribution in [0.15, 0.2) is 55.0 Å². The van der Waals surface area contributed by atoms with E-state index in [-0.39, 0.29) is 23.2 Å². The van der Waals surface area contributed by atoms with Crippen molar-refractivity contribution in [1.29, 1.82) is 5.26 Å². The van der Waals surface area contributed by atoms with Gasteiger partial charge in [-0.15, -0.1) is 0 Å². The van der Waals surface area contributed by atoms with Crippen molar-refractivity contribution in [3.05, 3.63) is 66.1 Å². The Morgan fingerprint density at radius 1 is 1.19 bits per heavy atom. The number of carbonyl (C=O) groups excluding carboxylic acids is 1. The van der Waals surface area contributed by atoms with Crippen LogP contribution in [0.2, 0.25) is 0 Å². The molecule has 0 saturated heterocycles. The van der Waals surface area contributed by atoms with Crippen molar-refractivity contribution in [2.24, 2.45) is 5.41 Å². The highest BCUT2D eigenvalue weighted by molar-refractivity contribution is 5.94. The summed E-state index contributed by atoms with van der Waals surface area (Å²) in [5.74, 6) is 0.398. The van der Waals surface area contributed by atoms with Crippen LogP contribution in [0, 0.1) is 16.7 Å². The number of rotatable bonds is 4. The average Bonchev–Trinajstić information content (AvgIpc) is 3.60. The second kappa shape index (κ2) is 5.62. The lowest BCUT2D eigenvalue weighted by Gasteiger charge is -2.11. The summed E-state index contributed by atoms with van der Waals surface area (Å²) in [7, 11) is 0. The number of nitrogens with one attached hydrogen (secondary N) is 1. The highest BCUT2D eigenvalue weighted by Crippen LogP contribution is 2.78. The number of anilines is 1. The molecule has 2 aliphatic rings. The van der Waals surface area contributed by atoms with Crippen LogP contribution in [-0.2, 0) is 16.6 Å². The molecule has 132 valence electrons. The van der Waals surface area contributed by atoms with E-state index in [9.17, 15) is 10.1 Å². The monoisotopic (exact) mass is 354 g/mol. The van der Waals surface area contributed by atoms with Crippen LogP contribution in [0.5, 0.6) is 0 Å². The van der Waals surface area contributed by atoms with Gasteiger partial charge in [0.05, 0.1) is 17.9 Å². The van der Waals surface area contributed by atoms with Gasteiger partial charge in [0.2, 0.25) is 5.91 Å². The molecule has 1 amide bonds. The molecule has 5 rings (SSSR count). The summed E-state index contributed by atoms with van der Waals surface area (Å²) in [5.41, 5.74) is 1.88. The fourth-order valence-corrected chi connectivity index (χ4v) is 4.20. The van der Waals surface area contributed by atoms with Crippen molar-refractivity contribution in [2.45, 2.75) is 31.1 Å². The highest BCUT2D eigenvalue weighted by Gasteiger charge is 2.75. The van der Waals surface area contributed by atoms with Gasteiger partial charge in [-0.25, -0.2) is 4.98 Å². The Morgan fingerprint density at radius 2 is 2.07 bits per heavy atom. The molecule has 2 aliphatic carbocycles. The lowest BCUT2D eigenvalue weighted by Crippen LogP contribution is -2.15. The standard InChI is InChI=1S/C22H18N4O/c23-14-22(13-21(22)5-6-21)18-4-3-16-12-25-19(10-17(16)9-18)26-20(27)8-15-2-1-7-24-11-15/h1-4,7,9-12H,5-6,8,13H2,(H,25,26,27). The molecule has 1 atom stereocenters. The predicted octanol–water partition coefficient (Wildman–Crippen LogP) is 3.76. The molecule has 2 aromatic heterocycles. The fraction of sp³-hybridized carbons (Fsp3) is 0.273. The zero-order chi connectivity index (χ0) is 18.5. The summed E-state index contributed by atoms with van der Waals surface area (Å²) in [6.45, 7) is 0. The normalized spacial score (nSPS) is 21.6. The van der Waals surface area contributed by atoms with Crippen molar-refractivity contribution in [3.63, 3.8) is 0 Å². The van der Waals surface area contributed by atoms with Gasteiger partial charge in [-0.05, 0) is 59.4 Å². The second-order valence-corrected chi connectivity index (χ2v) is 7.69. The maximum Gasteiger partial charge on any atom is 0.230 e. The Hall–Kier alpha value is -3.26. The molecule has 0 bridgehead atoms. The number of benzene rings is 1. The number of fused-ring (bicyclic) bond motifs is 1. The lowest BCUT2D eigenvalue weighted by molar-refractivity contribution is -0.115. The maximum atomic E-state index is 12.3. The number of carbonyl (C=O) groups is 1. The number of amides is 1. The Morgan fingerprint density at radius 3 is 2.78 bits per heavy atom. The third-order valence-electron chi connectivity index (χ3n) is 6.00. The van der Waals surface area contributed by atoms with Gasteiger partial charge in [-0.2, -0.15) is 5.26 Å². The van der Waals surface area contributed by atoms with E-state index < -0.39 is 0 Å². The SMILES string of the molecule is N#CC1(c2ccc3cnc(NC(=O)Cc4cccnc4)cc3c2)CC12CC2.